The van der Waals surface area contributed by atoms with Gasteiger partial charge in [0.25, 0.3) is 0 Å². The molecule has 0 bridgehead atoms. The van der Waals surface area contributed by atoms with Gasteiger partial charge in [-0.25, -0.2) is 4.98 Å². The fraction of sp³-hybridized carbons (Fsp3) is 0.421. The van der Waals surface area contributed by atoms with Crippen molar-refractivity contribution in [3.8, 4) is 11.3 Å². The van der Waals surface area contributed by atoms with Crippen LogP contribution in [0.3, 0.4) is 0 Å². The van der Waals surface area contributed by atoms with Crippen LogP contribution in [0.15, 0.2) is 29.6 Å². The molecule has 0 radical (unpaired) electrons. The number of hydrogen-bond donors (Lipinski definition) is 1. The molecule has 2 aromatic rings. The molecule has 6 heteroatoms. The number of carbonyl (C=O) groups excluding carboxylic acids is 2. The minimum absolute atomic E-state index is 0.0423. The number of thiazole rings is 1. The SMILES string of the molecule is CCC(=O)N1CCCC(C(=O)Nc2nc(-c3ccccc3C)cs2)C1. The van der Waals surface area contributed by atoms with Crippen LogP contribution >= 0.6 is 11.3 Å². The summed E-state index contributed by atoms with van der Waals surface area (Å²) in [6.07, 6.45) is 2.17. The van der Waals surface area contributed by atoms with E-state index < -0.39 is 0 Å². The van der Waals surface area contributed by atoms with Gasteiger partial charge in [-0.15, -0.1) is 11.3 Å². The molecule has 1 fully saturated rings. The van der Waals surface area contributed by atoms with Gasteiger partial charge < -0.3 is 10.2 Å². The Balaban J connectivity index is 1.66. The minimum atomic E-state index is -0.157. The van der Waals surface area contributed by atoms with Crippen molar-refractivity contribution in [3.05, 3.63) is 35.2 Å². The van der Waals surface area contributed by atoms with Crippen molar-refractivity contribution in [2.75, 3.05) is 18.4 Å². The average molecular weight is 357 g/mol. The van der Waals surface area contributed by atoms with Gasteiger partial charge in [0.2, 0.25) is 11.8 Å². The zero-order chi connectivity index (χ0) is 17.8. The fourth-order valence-corrected chi connectivity index (χ4v) is 3.88. The molecule has 2 heterocycles. The summed E-state index contributed by atoms with van der Waals surface area (Å²) >= 11 is 1.43. The lowest BCUT2D eigenvalue weighted by molar-refractivity contribution is -0.134. The van der Waals surface area contributed by atoms with Crippen molar-refractivity contribution in [1.82, 2.24) is 9.88 Å². The summed E-state index contributed by atoms with van der Waals surface area (Å²) in [7, 11) is 0. The Hall–Kier alpha value is -2.21. The highest BCUT2D eigenvalue weighted by Crippen LogP contribution is 2.28. The van der Waals surface area contributed by atoms with Gasteiger partial charge in [-0.1, -0.05) is 31.2 Å². The molecule has 1 aromatic heterocycles. The van der Waals surface area contributed by atoms with Gasteiger partial charge in [0.1, 0.15) is 0 Å². The zero-order valence-corrected chi connectivity index (χ0v) is 15.4. The summed E-state index contributed by atoms with van der Waals surface area (Å²) in [5.74, 6) is -0.0806. The van der Waals surface area contributed by atoms with Gasteiger partial charge in [0, 0.05) is 30.5 Å². The van der Waals surface area contributed by atoms with E-state index in [0.717, 1.165) is 36.2 Å². The van der Waals surface area contributed by atoms with Crippen LogP contribution in [0, 0.1) is 12.8 Å². The summed E-state index contributed by atoms with van der Waals surface area (Å²) in [6.45, 7) is 5.17. The number of amides is 2. The molecule has 1 aliphatic rings. The van der Waals surface area contributed by atoms with Crippen LogP contribution in [-0.4, -0.2) is 34.8 Å². The van der Waals surface area contributed by atoms with Crippen molar-refractivity contribution in [2.45, 2.75) is 33.1 Å². The first-order chi connectivity index (χ1) is 12.1. The molecule has 0 spiro atoms. The third-order valence-electron chi connectivity index (χ3n) is 4.60. The highest BCUT2D eigenvalue weighted by atomic mass is 32.1. The standard InChI is InChI=1S/C19H23N3O2S/c1-3-17(23)22-10-6-8-14(11-22)18(24)21-19-20-16(12-25-19)15-9-5-4-7-13(15)2/h4-5,7,9,12,14H,3,6,8,10-11H2,1-2H3,(H,20,21,24). The molecule has 1 unspecified atom stereocenters. The predicted molar refractivity (Wildman–Crippen MR) is 101 cm³/mol. The molecule has 5 nitrogen and oxygen atoms in total. The second-order valence-corrected chi connectivity index (χ2v) is 7.23. The number of rotatable bonds is 4. The van der Waals surface area contributed by atoms with E-state index in [-0.39, 0.29) is 17.7 Å². The molecule has 132 valence electrons. The van der Waals surface area contributed by atoms with E-state index in [1.807, 2.05) is 43.5 Å². The Kier molecular flexibility index (Phi) is 5.48. The second-order valence-electron chi connectivity index (χ2n) is 6.37. The van der Waals surface area contributed by atoms with Crippen LogP contribution in [0.25, 0.3) is 11.3 Å². The lowest BCUT2D eigenvalue weighted by Gasteiger charge is -2.31. The van der Waals surface area contributed by atoms with Crippen LogP contribution in [0.4, 0.5) is 5.13 Å². The Bertz CT molecular complexity index is 772. The Labute approximate surface area is 152 Å². The highest BCUT2D eigenvalue weighted by Gasteiger charge is 2.28. The van der Waals surface area contributed by atoms with E-state index in [0.29, 0.717) is 18.1 Å². The molecule has 1 aromatic carbocycles. The zero-order valence-electron chi connectivity index (χ0n) is 14.6. The van der Waals surface area contributed by atoms with Gasteiger partial charge >= 0.3 is 0 Å². The number of nitrogens with zero attached hydrogens (tertiary/aromatic N) is 2. The van der Waals surface area contributed by atoms with Crippen LogP contribution in [0.5, 0.6) is 0 Å². The van der Waals surface area contributed by atoms with E-state index in [2.05, 4.69) is 10.3 Å². The molecule has 1 aliphatic heterocycles. The Morgan fingerprint density at radius 2 is 2.16 bits per heavy atom. The number of hydrogen-bond acceptors (Lipinski definition) is 4. The minimum Gasteiger partial charge on any atom is -0.342 e. The topological polar surface area (TPSA) is 62.3 Å². The molecule has 1 atom stereocenters. The summed E-state index contributed by atoms with van der Waals surface area (Å²) in [5, 5.41) is 5.51. The van der Waals surface area contributed by atoms with Crippen molar-refractivity contribution >= 4 is 28.3 Å². The molecule has 1 N–H and O–H groups in total. The quantitative estimate of drug-likeness (QED) is 0.907. The van der Waals surface area contributed by atoms with Crippen molar-refractivity contribution in [2.24, 2.45) is 5.92 Å². The summed E-state index contributed by atoms with van der Waals surface area (Å²) < 4.78 is 0. The molecular weight excluding hydrogens is 334 g/mol. The molecule has 0 saturated carbocycles. The van der Waals surface area contributed by atoms with Gasteiger partial charge in [0.05, 0.1) is 11.6 Å². The molecule has 0 aliphatic carbocycles. The average Bonchev–Trinajstić information content (AvgIpc) is 3.09. The van der Waals surface area contributed by atoms with E-state index >= 15 is 0 Å². The molecule has 1 saturated heterocycles. The number of anilines is 1. The van der Waals surface area contributed by atoms with E-state index in [9.17, 15) is 9.59 Å². The lowest BCUT2D eigenvalue weighted by atomic mass is 9.97. The molecule has 3 rings (SSSR count). The largest absolute Gasteiger partial charge is 0.342 e. The van der Waals surface area contributed by atoms with Crippen LogP contribution < -0.4 is 5.32 Å². The first-order valence-corrected chi connectivity index (χ1v) is 9.56. The number of piperidine rings is 1. The maximum atomic E-state index is 12.6. The Morgan fingerprint density at radius 3 is 2.92 bits per heavy atom. The monoisotopic (exact) mass is 357 g/mol. The maximum absolute atomic E-state index is 12.6. The maximum Gasteiger partial charge on any atom is 0.231 e. The molecule has 25 heavy (non-hydrogen) atoms. The number of carbonyl (C=O) groups is 2. The number of nitrogens with one attached hydrogen (secondary N) is 1. The van der Waals surface area contributed by atoms with Crippen molar-refractivity contribution < 1.29 is 9.59 Å². The fourth-order valence-electron chi connectivity index (χ4n) is 3.16. The third-order valence-corrected chi connectivity index (χ3v) is 5.36. The van der Waals surface area contributed by atoms with Crippen LogP contribution in [-0.2, 0) is 9.59 Å². The van der Waals surface area contributed by atoms with Gasteiger partial charge in [0.15, 0.2) is 5.13 Å². The summed E-state index contributed by atoms with van der Waals surface area (Å²) in [4.78, 5) is 30.8. The van der Waals surface area contributed by atoms with E-state index in [1.165, 1.54) is 11.3 Å². The van der Waals surface area contributed by atoms with Crippen molar-refractivity contribution in [1.29, 1.82) is 0 Å². The van der Waals surface area contributed by atoms with Gasteiger partial charge in [-0.05, 0) is 25.3 Å². The van der Waals surface area contributed by atoms with E-state index in [1.54, 1.807) is 4.90 Å². The van der Waals surface area contributed by atoms with E-state index in [4.69, 9.17) is 0 Å². The smallest absolute Gasteiger partial charge is 0.231 e. The Morgan fingerprint density at radius 1 is 1.36 bits per heavy atom. The third kappa shape index (κ3) is 4.07. The van der Waals surface area contributed by atoms with Gasteiger partial charge in [-0.3, -0.25) is 9.59 Å². The second kappa shape index (κ2) is 7.78. The number of benzene rings is 1. The summed E-state index contributed by atoms with van der Waals surface area (Å²) in [6, 6.07) is 8.07. The van der Waals surface area contributed by atoms with Crippen LogP contribution in [0.2, 0.25) is 0 Å². The number of aromatic nitrogens is 1. The van der Waals surface area contributed by atoms with Gasteiger partial charge in [-0.2, -0.15) is 0 Å². The van der Waals surface area contributed by atoms with Crippen molar-refractivity contribution in [3.63, 3.8) is 0 Å². The first-order valence-electron chi connectivity index (χ1n) is 8.68. The first kappa shape index (κ1) is 17.6. The number of likely N-dealkylation sites (tertiary alicyclic amines) is 1. The lowest BCUT2D eigenvalue weighted by Crippen LogP contribution is -2.43. The molecule has 2 amide bonds. The van der Waals surface area contributed by atoms with Crippen LogP contribution in [0.1, 0.15) is 31.7 Å². The number of aryl methyl sites for hydroxylation is 1. The predicted octanol–water partition coefficient (Wildman–Crippen LogP) is 3.71. The summed E-state index contributed by atoms with van der Waals surface area (Å²) in [5.41, 5.74) is 3.12. The normalized spacial score (nSPS) is 17.4. The highest BCUT2D eigenvalue weighted by molar-refractivity contribution is 7.14. The molecular formula is C19H23N3O2S.